The highest BCUT2D eigenvalue weighted by Gasteiger charge is 2.16. The third kappa shape index (κ3) is 4.12. The van der Waals surface area contributed by atoms with Gasteiger partial charge in [-0.2, -0.15) is 0 Å². The van der Waals surface area contributed by atoms with Gasteiger partial charge < -0.3 is 24.8 Å². The van der Waals surface area contributed by atoms with E-state index < -0.39 is 0 Å². The summed E-state index contributed by atoms with van der Waals surface area (Å²) in [5.41, 5.74) is 1.76. The second-order valence-corrected chi connectivity index (χ2v) is 5.62. The average molecular weight is 343 g/mol. The largest absolute Gasteiger partial charge is 0.486 e. The molecule has 0 bridgehead atoms. The summed E-state index contributed by atoms with van der Waals surface area (Å²) in [7, 11) is 1.55. The number of fused-ring (bicyclic) bond motifs is 1. The predicted octanol–water partition coefficient (Wildman–Crippen LogP) is 2.42. The van der Waals surface area contributed by atoms with Gasteiger partial charge in [0.1, 0.15) is 13.2 Å². The maximum Gasteiger partial charge on any atom is 0.315 e. The molecule has 1 aromatic heterocycles. The summed E-state index contributed by atoms with van der Waals surface area (Å²) in [6, 6.07) is 8.89. The van der Waals surface area contributed by atoms with Crippen LogP contribution < -0.4 is 24.8 Å². The molecule has 1 aliphatic heterocycles. The van der Waals surface area contributed by atoms with Gasteiger partial charge in [-0.1, -0.05) is 12.1 Å². The summed E-state index contributed by atoms with van der Waals surface area (Å²) < 4.78 is 16.3. The maximum atomic E-state index is 12.1. The molecule has 3 rings (SSSR count). The number of hydrogen-bond donors (Lipinski definition) is 2. The number of hydrogen-bond acceptors (Lipinski definition) is 5. The van der Waals surface area contributed by atoms with E-state index in [2.05, 4.69) is 15.6 Å². The van der Waals surface area contributed by atoms with Crippen molar-refractivity contribution in [3.63, 3.8) is 0 Å². The smallest absolute Gasteiger partial charge is 0.315 e. The Bertz CT molecular complexity index is 751. The van der Waals surface area contributed by atoms with Gasteiger partial charge in [0, 0.05) is 18.3 Å². The second kappa shape index (κ2) is 7.74. The molecule has 2 aromatic rings. The lowest BCUT2D eigenvalue weighted by molar-refractivity contribution is 0.171. The molecule has 25 heavy (non-hydrogen) atoms. The first-order chi connectivity index (χ1) is 12.2. The first-order valence-electron chi connectivity index (χ1n) is 8.09. The molecule has 132 valence electrons. The maximum absolute atomic E-state index is 12.1. The summed E-state index contributed by atoms with van der Waals surface area (Å²) in [6.45, 7) is 3.33. The molecule has 0 radical (unpaired) electrons. The number of nitrogens with zero attached hydrogens (tertiary/aromatic N) is 1. The Morgan fingerprint density at radius 1 is 1.28 bits per heavy atom. The third-order valence-corrected chi connectivity index (χ3v) is 3.90. The van der Waals surface area contributed by atoms with Crippen molar-refractivity contribution < 1.29 is 19.0 Å². The van der Waals surface area contributed by atoms with Gasteiger partial charge in [0.25, 0.3) is 0 Å². The molecule has 2 heterocycles. The van der Waals surface area contributed by atoms with Crippen molar-refractivity contribution in [2.24, 2.45) is 0 Å². The van der Waals surface area contributed by atoms with Crippen LogP contribution >= 0.6 is 0 Å². The minimum atomic E-state index is -0.270. The lowest BCUT2D eigenvalue weighted by atomic mass is 10.1. The van der Waals surface area contributed by atoms with Crippen LogP contribution in [-0.4, -0.2) is 31.3 Å². The van der Waals surface area contributed by atoms with Gasteiger partial charge in [0.2, 0.25) is 5.88 Å². The zero-order chi connectivity index (χ0) is 17.6. The number of aromatic nitrogens is 1. The molecular formula is C18H21N3O4. The van der Waals surface area contributed by atoms with Crippen LogP contribution in [-0.2, 0) is 6.54 Å². The molecule has 1 atom stereocenters. The van der Waals surface area contributed by atoms with Crippen LogP contribution in [0.1, 0.15) is 24.1 Å². The highest BCUT2D eigenvalue weighted by atomic mass is 16.6. The summed E-state index contributed by atoms with van der Waals surface area (Å²) in [5, 5.41) is 5.71. The predicted molar refractivity (Wildman–Crippen MR) is 92.0 cm³/mol. The monoisotopic (exact) mass is 343 g/mol. The topological polar surface area (TPSA) is 81.7 Å². The number of urea groups is 1. The number of amides is 2. The molecule has 7 nitrogen and oxygen atoms in total. The highest BCUT2D eigenvalue weighted by molar-refractivity contribution is 5.74. The first-order valence-corrected chi connectivity index (χ1v) is 8.09. The van der Waals surface area contributed by atoms with Gasteiger partial charge in [0.15, 0.2) is 11.5 Å². The lowest BCUT2D eigenvalue weighted by Crippen LogP contribution is -2.36. The number of carbonyl (C=O) groups excluding carboxylic acids is 1. The van der Waals surface area contributed by atoms with Gasteiger partial charge in [0.05, 0.1) is 13.2 Å². The van der Waals surface area contributed by atoms with E-state index in [1.807, 2.05) is 31.2 Å². The Labute approximate surface area is 146 Å². The molecule has 1 aromatic carbocycles. The molecule has 0 spiro atoms. The molecule has 0 saturated carbocycles. The number of ether oxygens (including phenoxy) is 3. The Kier molecular flexibility index (Phi) is 5.23. The van der Waals surface area contributed by atoms with Crippen LogP contribution in [0.3, 0.4) is 0 Å². The quantitative estimate of drug-likeness (QED) is 0.871. The standard InChI is InChI=1S/C18H21N3O4/c1-12(13-5-6-15-16(10-13)25-9-8-24-15)21-18(22)20-11-14-4-3-7-19-17(14)23-2/h3-7,10,12H,8-9,11H2,1-2H3,(H2,20,21,22)/t12-/m1/s1. The van der Waals surface area contributed by atoms with E-state index in [9.17, 15) is 4.79 Å². The molecule has 2 N–H and O–H groups in total. The van der Waals surface area contributed by atoms with Crippen LogP contribution in [0.15, 0.2) is 36.5 Å². The fourth-order valence-electron chi connectivity index (χ4n) is 2.58. The second-order valence-electron chi connectivity index (χ2n) is 5.62. The van der Waals surface area contributed by atoms with Crippen LogP contribution in [0.4, 0.5) is 4.79 Å². The third-order valence-electron chi connectivity index (χ3n) is 3.90. The van der Waals surface area contributed by atoms with Crippen molar-refractivity contribution in [2.45, 2.75) is 19.5 Å². The molecule has 0 fully saturated rings. The number of benzene rings is 1. The van der Waals surface area contributed by atoms with Crippen LogP contribution in [0.2, 0.25) is 0 Å². The van der Waals surface area contributed by atoms with Gasteiger partial charge >= 0.3 is 6.03 Å². The normalized spacial score (nSPS) is 13.7. The van der Waals surface area contributed by atoms with E-state index in [0.29, 0.717) is 31.4 Å². The van der Waals surface area contributed by atoms with Crippen LogP contribution in [0.5, 0.6) is 17.4 Å². The van der Waals surface area contributed by atoms with Crippen molar-refractivity contribution in [1.29, 1.82) is 0 Å². The fraction of sp³-hybridized carbons (Fsp3) is 0.333. The lowest BCUT2D eigenvalue weighted by Gasteiger charge is -2.21. The first kappa shape index (κ1) is 16.9. The zero-order valence-corrected chi connectivity index (χ0v) is 14.2. The number of nitrogens with one attached hydrogen (secondary N) is 2. The number of rotatable bonds is 5. The van der Waals surface area contributed by atoms with Crippen LogP contribution in [0, 0.1) is 0 Å². The number of methoxy groups -OCH3 is 1. The van der Waals surface area contributed by atoms with Crippen molar-refractivity contribution >= 4 is 6.03 Å². The van der Waals surface area contributed by atoms with Crippen molar-refractivity contribution in [3.05, 3.63) is 47.7 Å². The number of carbonyl (C=O) groups is 1. The summed E-state index contributed by atoms with van der Waals surface area (Å²) in [4.78, 5) is 16.3. The fourth-order valence-corrected chi connectivity index (χ4v) is 2.58. The van der Waals surface area contributed by atoms with Crippen molar-refractivity contribution in [2.75, 3.05) is 20.3 Å². The minimum Gasteiger partial charge on any atom is -0.486 e. The van der Waals surface area contributed by atoms with Gasteiger partial charge in [-0.05, 0) is 30.7 Å². The molecule has 2 amide bonds. The van der Waals surface area contributed by atoms with Gasteiger partial charge in [-0.3, -0.25) is 0 Å². The van der Waals surface area contributed by atoms with Crippen molar-refractivity contribution in [1.82, 2.24) is 15.6 Å². The summed E-state index contributed by atoms with van der Waals surface area (Å²) >= 11 is 0. The molecule has 7 heteroatoms. The Balaban J connectivity index is 1.57. The molecule has 1 aliphatic rings. The summed E-state index contributed by atoms with van der Waals surface area (Å²) in [6.07, 6.45) is 1.65. The van der Waals surface area contributed by atoms with E-state index in [-0.39, 0.29) is 12.1 Å². The van der Waals surface area contributed by atoms with E-state index in [1.165, 1.54) is 0 Å². The Morgan fingerprint density at radius 3 is 2.88 bits per heavy atom. The molecule has 0 saturated heterocycles. The molecule has 0 unspecified atom stereocenters. The molecule has 0 aliphatic carbocycles. The van der Waals surface area contributed by atoms with Crippen LogP contribution in [0.25, 0.3) is 0 Å². The Morgan fingerprint density at radius 2 is 2.08 bits per heavy atom. The zero-order valence-electron chi connectivity index (χ0n) is 14.2. The summed E-state index contributed by atoms with van der Waals surface area (Å²) in [5.74, 6) is 1.94. The number of pyridine rings is 1. The molecular weight excluding hydrogens is 322 g/mol. The van der Waals surface area contributed by atoms with E-state index in [4.69, 9.17) is 14.2 Å². The SMILES string of the molecule is COc1ncccc1CNC(=O)N[C@H](C)c1ccc2c(c1)OCCO2. The highest BCUT2D eigenvalue weighted by Crippen LogP contribution is 2.32. The van der Waals surface area contributed by atoms with E-state index >= 15 is 0 Å². The Hall–Kier alpha value is -2.96. The van der Waals surface area contributed by atoms with Gasteiger partial charge in [-0.25, -0.2) is 9.78 Å². The minimum absolute atomic E-state index is 0.174. The van der Waals surface area contributed by atoms with E-state index in [1.54, 1.807) is 19.4 Å². The van der Waals surface area contributed by atoms with Gasteiger partial charge in [-0.15, -0.1) is 0 Å². The van der Waals surface area contributed by atoms with E-state index in [0.717, 1.165) is 16.9 Å². The average Bonchev–Trinajstić information content (AvgIpc) is 2.66. The van der Waals surface area contributed by atoms with Crippen molar-refractivity contribution in [3.8, 4) is 17.4 Å².